The zero-order chi connectivity index (χ0) is 22.8. The number of rotatable bonds is 8. The van der Waals surface area contributed by atoms with Crippen molar-refractivity contribution in [2.24, 2.45) is 11.8 Å². The number of tetrazole rings is 1. The molecular formula is C22H26Cl2N8. The van der Waals surface area contributed by atoms with Crippen LogP contribution in [0.4, 0.5) is 0 Å². The fourth-order valence-corrected chi connectivity index (χ4v) is 4.24. The van der Waals surface area contributed by atoms with E-state index in [1.54, 1.807) is 10.6 Å². The van der Waals surface area contributed by atoms with Crippen LogP contribution in [0.2, 0.25) is 10.2 Å². The van der Waals surface area contributed by atoms with Gasteiger partial charge in [-0.2, -0.15) is 10.3 Å². The highest BCUT2D eigenvalue weighted by atomic mass is 35.5. The minimum absolute atomic E-state index is 0.379. The van der Waals surface area contributed by atoms with Crippen molar-refractivity contribution in [2.45, 2.75) is 47.1 Å². The fraction of sp³-hybridized carbons (Fsp3) is 0.409. The van der Waals surface area contributed by atoms with Crippen LogP contribution in [0.3, 0.4) is 0 Å². The molecule has 0 atom stereocenters. The smallest absolute Gasteiger partial charge is 0.222 e. The summed E-state index contributed by atoms with van der Waals surface area (Å²) in [7, 11) is 0. The molecule has 0 bridgehead atoms. The number of hydrogen-bond acceptors (Lipinski definition) is 5. The molecule has 8 nitrogen and oxygen atoms in total. The molecule has 0 fully saturated rings. The van der Waals surface area contributed by atoms with Crippen molar-refractivity contribution in [1.29, 1.82) is 0 Å². The van der Waals surface area contributed by atoms with Gasteiger partial charge in [0.05, 0.1) is 11.6 Å². The molecule has 4 rings (SSSR count). The quantitative estimate of drug-likeness (QED) is 0.389. The number of aromatic nitrogens is 8. The van der Waals surface area contributed by atoms with Gasteiger partial charge in [0.1, 0.15) is 16.7 Å². The Labute approximate surface area is 197 Å². The van der Waals surface area contributed by atoms with Crippen molar-refractivity contribution in [3.8, 4) is 17.2 Å². The highest BCUT2D eigenvalue weighted by Crippen LogP contribution is 2.34. The van der Waals surface area contributed by atoms with E-state index in [0.717, 1.165) is 35.7 Å². The Balaban J connectivity index is 1.62. The summed E-state index contributed by atoms with van der Waals surface area (Å²) >= 11 is 12.8. The third kappa shape index (κ3) is 4.86. The van der Waals surface area contributed by atoms with Crippen molar-refractivity contribution in [3.05, 3.63) is 57.7 Å². The second-order valence-corrected chi connectivity index (χ2v) is 9.49. The van der Waals surface area contributed by atoms with Gasteiger partial charge in [0.15, 0.2) is 5.82 Å². The number of halogens is 2. The lowest BCUT2D eigenvalue weighted by molar-refractivity contribution is 0.560. The summed E-state index contributed by atoms with van der Waals surface area (Å²) in [5.41, 5.74) is 2.56. The van der Waals surface area contributed by atoms with Crippen molar-refractivity contribution in [2.75, 3.05) is 0 Å². The van der Waals surface area contributed by atoms with E-state index in [1.807, 2.05) is 16.8 Å². The lowest BCUT2D eigenvalue weighted by Crippen LogP contribution is -2.09. The number of aromatic amines is 1. The lowest BCUT2D eigenvalue weighted by atomic mass is 10.1. The van der Waals surface area contributed by atoms with E-state index in [1.165, 1.54) is 0 Å². The van der Waals surface area contributed by atoms with Gasteiger partial charge in [-0.1, -0.05) is 63.0 Å². The summed E-state index contributed by atoms with van der Waals surface area (Å²) in [6, 6.07) is 9.78. The molecule has 10 heteroatoms. The van der Waals surface area contributed by atoms with Crippen molar-refractivity contribution in [3.63, 3.8) is 0 Å². The highest BCUT2D eigenvalue weighted by molar-refractivity contribution is 6.36. The normalized spacial score (nSPS) is 11.8. The van der Waals surface area contributed by atoms with Crippen LogP contribution in [0.25, 0.3) is 17.2 Å². The van der Waals surface area contributed by atoms with Gasteiger partial charge in [-0.15, -0.1) is 10.2 Å². The van der Waals surface area contributed by atoms with Gasteiger partial charge < -0.3 is 0 Å². The average molecular weight is 473 g/mol. The molecule has 1 aromatic carbocycles. The lowest BCUT2D eigenvalue weighted by Gasteiger charge is -2.11. The first kappa shape index (κ1) is 22.5. The molecule has 0 spiro atoms. The Kier molecular flexibility index (Phi) is 6.62. The minimum Gasteiger partial charge on any atom is -0.296 e. The first-order valence-corrected chi connectivity index (χ1v) is 11.4. The molecule has 0 amide bonds. The minimum atomic E-state index is 0.379. The summed E-state index contributed by atoms with van der Waals surface area (Å²) in [5, 5.41) is 19.9. The Morgan fingerprint density at radius 2 is 1.72 bits per heavy atom. The number of hydrogen-bond donors (Lipinski definition) is 1. The van der Waals surface area contributed by atoms with Crippen molar-refractivity contribution >= 4 is 23.2 Å². The molecule has 0 aliphatic heterocycles. The topological polar surface area (TPSA) is 90.1 Å². The summed E-state index contributed by atoms with van der Waals surface area (Å²) in [4.78, 5) is 4.80. The summed E-state index contributed by atoms with van der Waals surface area (Å²) in [6.07, 6.45) is 1.78. The number of benzene rings is 1. The average Bonchev–Trinajstić information content (AvgIpc) is 3.42. The molecule has 3 aromatic heterocycles. The van der Waals surface area contributed by atoms with Crippen LogP contribution in [-0.4, -0.2) is 40.0 Å². The zero-order valence-corrected chi connectivity index (χ0v) is 20.1. The Bertz CT molecular complexity index is 1170. The largest absolute Gasteiger partial charge is 0.296 e. The van der Waals surface area contributed by atoms with Crippen LogP contribution in [-0.2, 0) is 19.4 Å². The van der Waals surface area contributed by atoms with E-state index in [9.17, 15) is 0 Å². The van der Waals surface area contributed by atoms with Gasteiger partial charge in [-0.05, 0) is 40.8 Å². The van der Waals surface area contributed by atoms with E-state index in [0.29, 0.717) is 40.1 Å². The maximum atomic E-state index is 6.45. The van der Waals surface area contributed by atoms with Crippen molar-refractivity contribution < 1.29 is 0 Å². The SMILES string of the molecule is CC(C)Cc1nc(CC(C)C)n(Cc2ccc(-n3c(Cl)cc(Cl)c3-c3nn[nH]n3)cc2)n1. The standard InChI is InChI=1S/C22H26Cl2N8/c1-13(2)9-19-25-20(10-14(3)4)31(28-19)12-15-5-7-16(8-6-15)32-18(24)11-17(23)21(32)22-26-29-30-27-22/h5-8,11,13-14H,9-10,12H2,1-4H3,(H,26,27,29,30). The second kappa shape index (κ2) is 9.42. The number of nitrogens with one attached hydrogen (secondary N) is 1. The maximum absolute atomic E-state index is 6.45. The molecule has 32 heavy (non-hydrogen) atoms. The van der Waals surface area contributed by atoms with Gasteiger partial charge in [0.2, 0.25) is 5.82 Å². The Hall–Kier alpha value is -2.71. The van der Waals surface area contributed by atoms with Crippen LogP contribution in [0.5, 0.6) is 0 Å². The monoisotopic (exact) mass is 472 g/mol. The number of nitrogens with zero attached hydrogens (tertiary/aromatic N) is 7. The molecule has 0 aliphatic carbocycles. The van der Waals surface area contributed by atoms with Gasteiger partial charge in [0.25, 0.3) is 0 Å². The Morgan fingerprint density at radius 1 is 1.00 bits per heavy atom. The molecule has 0 unspecified atom stereocenters. The van der Waals surface area contributed by atoms with E-state index in [-0.39, 0.29) is 0 Å². The first-order chi connectivity index (χ1) is 15.3. The maximum Gasteiger partial charge on any atom is 0.222 e. The van der Waals surface area contributed by atoms with E-state index in [2.05, 4.69) is 60.5 Å². The molecule has 0 saturated carbocycles. The molecule has 168 valence electrons. The molecule has 0 aliphatic rings. The van der Waals surface area contributed by atoms with Crippen LogP contribution < -0.4 is 0 Å². The number of H-pyrrole nitrogens is 1. The molecular weight excluding hydrogens is 447 g/mol. The predicted octanol–water partition coefficient (Wildman–Crippen LogP) is 5.00. The van der Waals surface area contributed by atoms with Crippen LogP contribution >= 0.6 is 23.2 Å². The van der Waals surface area contributed by atoms with Gasteiger partial charge >= 0.3 is 0 Å². The van der Waals surface area contributed by atoms with E-state index >= 15 is 0 Å². The summed E-state index contributed by atoms with van der Waals surface area (Å²) in [6.45, 7) is 9.42. The molecule has 4 aromatic rings. The highest BCUT2D eigenvalue weighted by Gasteiger charge is 2.19. The summed E-state index contributed by atoms with van der Waals surface area (Å²) in [5.74, 6) is 3.34. The van der Waals surface area contributed by atoms with Crippen LogP contribution in [0.1, 0.15) is 44.9 Å². The predicted molar refractivity (Wildman–Crippen MR) is 125 cm³/mol. The van der Waals surface area contributed by atoms with Gasteiger partial charge in [-0.25, -0.2) is 9.67 Å². The second-order valence-electron chi connectivity index (χ2n) is 8.70. The van der Waals surface area contributed by atoms with Crippen molar-refractivity contribution in [1.82, 2.24) is 40.0 Å². The van der Waals surface area contributed by atoms with Gasteiger partial charge in [0, 0.05) is 18.5 Å². The fourth-order valence-electron chi connectivity index (χ4n) is 3.62. The van der Waals surface area contributed by atoms with E-state index < -0.39 is 0 Å². The molecule has 0 radical (unpaired) electrons. The molecule has 0 saturated heterocycles. The van der Waals surface area contributed by atoms with Crippen LogP contribution in [0, 0.1) is 11.8 Å². The van der Waals surface area contributed by atoms with Gasteiger partial charge in [-0.3, -0.25) is 4.57 Å². The zero-order valence-electron chi connectivity index (χ0n) is 18.5. The Morgan fingerprint density at radius 3 is 2.34 bits per heavy atom. The molecule has 1 N–H and O–H groups in total. The first-order valence-electron chi connectivity index (χ1n) is 10.6. The van der Waals surface area contributed by atoms with Crippen LogP contribution in [0.15, 0.2) is 30.3 Å². The third-order valence-electron chi connectivity index (χ3n) is 4.97. The molecule has 3 heterocycles. The third-order valence-corrected chi connectivity index (χ3v) is 5.53. The summed E-state index contributed by atoms with van der Waals surface area (Å²) < 4.78 is 3.83. The van der Waals surface area contributed by atoms with E-state index in [4.69, 9.17) is 33.3 Å².